The molecule has 1 saturated heterocycles. The predicted octanol–water partition coefficient (Wildman–Crippen LogP) is -0.690. The molecule has 11 heteroatoms. The lowest BCUT2D eigenvalue weighted by molar-refractivity contribution is -0.130. The van der Waals surface area contributed by atoms with Gasteiger partial charge < -0.3 is 36.3 Å². The zero-order chi connectivity index (χ0) is 22.2. The Morgan fingerprint density at radius 3 is 2.55 bits per heavy atom. The quantitative estimate of drug-likeness (QED) is 0.364. The molecule has 1 fully saturated rings. The van der Waals surface area contributed by atoms with Crippen LogP contribution in [0.2, 0.25) is 0 Å². The van der Waals surface area contributed by atoms with Gasteiger partial charge in [-0.15, -0.1) is 0 Å². The van der Waals surface area contributed by atoms with Gasteiger partial charge in [0.1, 0.15) is 17.5 Å². The third kappa shape index (κ3) is 6.66. The van der Waals surface area contributed by atoms with Crippen LogP contribution >= 0.6 is 0 Å². The maximum Gasteiger partial charge on any atom is 0.258 e. The zero-order valence-corrected chi connectivity index (χ0v) is 16.6. The molecule has 2 aromatic rings. The van der Waals surface area contributed by atoms with E-state index in [1.807, 2.05) is 0 Å². The first-order valence-corrected chi connectivity index (χ1v) is 9.48. The molecule has 3 amide bonds. The molecule has 1 aromatic carbocycles. The Morgan fingerprint density at radius 1 is 1.16 bits per heavy atom. The van der Waals surface area contributed by atoms with Crippen LogP contribution in [0.4, 0.5) is 0 Å². The maximum absolute atomic E-state index is 12.1. The van der Waals surface area contributed by atoms with Gasteiger partial charge in [0.25, 0.3) is 5.91 Å². The van der Waals surface area contributed by atoms with Crippen molar-refractivity contribution in [3.8, 4) is 17.4 Å². The maximum atomic E-state index is 12.1. The number of carbonyl (C=O) groups is 3. The number of carbonyl (C=O) groups excluding carboxylic acids is 3. The van der Waals surface area contributed by atoms with E-state index in [-0.39, 0.29) is 30.8 Å². The van der Waals surface area contributed by atoms with Crippen molar-refractivity contribution in [3.05, 3.63) is 48.2 Å². The molecule has 1 aliphatic heterocycles. The van der Waals surface area contributed by atoms with E-state index in [0.717, 1.165) is 0 Å². The van der Waals surface area contributed by atoms with E-state index >= 15 is 0 Å². The minimum absolute atomic E-state index is 0.00170. The Morgan fingerprint density at radius 2 is 1.94 bits per heavy atom. The number of pyridine rings is 1. The number of amides is 3. The second kappa shape index (κ2) is 10.4. The molecular weight excluding hydrogens is 406 g/mol. The average molecular weight is 429 g/mol. The fraction of sp³-hybridized carbons (Fsp3) is 0.300. The van der Waals surface area contributed by atoms with Crippen LogP contribution in [0.5, 0.6) is 17.4 Å². The topological polar surface area (TPSA) is 168 Å². The molecule has 0 aliphatic carbocycles. The van der Waals surface area contributed by atoms with Crippen molar-refractivity contribution in [3.63, 3.8) is 0 Å². The van der Waals surface area contributed by atoms with Crippen molar-refractivity contribution in [2.45, 2.75) is 12.1 Å². The minimum Gasteiger partial charge on any atom is -0.484 e. The molecule has 6 N–H and O–H groups in total. The van der Waals surface area contributed by atoms with Gasteiger partial charge in [-0.05, 0) is 18.2 Å². The van der Waals surface area contributed by atoms with E-state index in [4.69, 9.17) is 25.7 Å². The summed E-state index contributed by atoms with van der Waals surface area (Å²) >= 11 is 0. The summed E-state index contributed by atoms with van der Waals surface area (Å²) in [7, 11) is 0. The van der Waals surface area contributed by atoms with Crippen molar-refractivity contribution in [2.24, 2.45) is 11.5 Å². The lowest BCUT2D eigenvalue weighted by atomic mass is 10.2. The van der Waals surface area contributed by atoms with Gasteiger partial charge in [0, 0.05) is 31.4 Å². The molecule has 1 aromatic heterocycles. The first-order valence-electron chi connectivity index (χ1n) is 9.48. The molecular formula is C20H23N5O6. The third-order valence-corrected chi connectivity index (χ3v) is 4.34. The van der Waals surface area contributed by atoms with Crippen molar-refractivity contribution in [1.82, 2.24) is 15.6 Å². The molecule has 1 aliphatic rings. The van der Waals surface area contributed by atoms with Crippen LogP contribution in [-0.2, 0) is 14.3 Å². The van der Waals surface area contributed by atoms with Crippen LogP contribution in [0.1, 0.15) is 10.4 Å². The van der Waals surface area contributed by atoms with E-state index in [1.54, 1.807) is 24.3 Å². The lowest BCUT2D eigenvalue weighted by Gasteiger charge is -2.28. The minimum atomic E-state index is -0.944. The van der Waals surface area contributed by atoms with Crippen LogP contribution in [0.25, 0.3) is 0 Å². The summed E-state index contributed by atoms with van der Waals surface area (Å²) in [5.74, 6) is -0.757. The molecule has 1 unspecified atom stereocenters. The number of nitrogens with zero attached hydrogens (tertiary/aromatic N) is 1. The molecule has 3 rings (SSSR count). The van der Waals surface area contributed by atoms with E-state index < -0.39 is 23.8 Å². The predicted molar refractivity (Wildman–Crippen MR) is 109 cm³/mol. The number of nitrogens with two attached hydrogens (primary N) is 2. The lowest BCUT2D eigenvalue weighted by Crippen LogP contribution is -2.53. The van der Waals surface area contributed by atoms with Crippen molar-refractivity contribution >= 4 is 17.7 Å². The van der Waals surface area contributed by atoms with E-state index in [1.165, 1.54) is 18.3 Å². The largest absolute Gasteiger partial charge is 0.484 e. The van der Waals surface area contributed by atoms with Crippen LogP contribution in [-0.4, -0.2) is 61.2 Å². The summed E-state index contributed by atoms with van der Waals surface area (Å²) in [5, 5.41) is 5.54. The van der Waals surface area contributed by atoms with E-state index in [0.29, 0.717) is 24.6 Å². The summed E-state index contributed by atoms with van der Waals surface area (Å²) in [4.78, 5) is 38.7. The standard InChI is InChI=1S/C20H23N5O6/c21-19(27)12-4-5-18(24-7-12)31-14-3-1-2-13(6-14)30-11-17(26)25-16(20(22)28)10-29-15-8-23-9-15/h1-7,15-16,23H,8-11H2,(H2,21,27)(H2,22,28)(H,25,26). The molecule has 1 atom stereocenters. The fourth-order valence-electron chi connectivity index (χ4n) is 2.53. The number of hydrogen-bond acceptors (Lipinski definition) is 8. The first-order chi connectivity index (χ1) is 14.9. The summed E-state index contributed by atoms with van der Waals surface area (Å²) < 4.78 is 16.6. The molecule has 31 heavy (non-hydrogen) atoms. The van der Waals surface area contributed by atoms with Crippen molar-refractivity contribution in [1.29, 1.82) is 0 Å². The van der Waals surface area contributed by atoms with Gasteiger partial charge in [-0.25, -0.2) is 4.98 Å². The molecule has 0 radical (unpaired) electrons. The smallest absolute Gasteiger partial charge is 0.258 e. The number of hydrogen-bond donors (Lipinski definition) is 4. The van der Waals surface area contributed by atoms with E-state index in [9.17, 15) is 14.4 Å². The van der Waals surface area contributed by atoms with Gasteiger partial charge in [0.05, 0.1) is 18.3 Å². The fourth-order valence-corrected chi connectivity index (χ4v) is 2.53. The molecule has 164 valence electrons. The number of nitrogens with one attached hydrogen (secondary N) is 2. The second-order valence-corrected chi connectivity index (χ2v) is 6.75. The Hall–Kier alpha value is -3.70. The SMILES string of the molecule is NC(=O)c1ccc(Oc2cccc(OCC(=O)NC(COC3CNC3)C(N)=O)c2)nc1. The highest BCUT2D eigenvalue weighted by molar-refractivity contribution is 5.92. The van der Waals surface area contributed by atoms with Gasteiger partial charge >= 0.3 is 0 Å². The summed E-state index contributed by atoms with van der Waals surface area (Å²) in [5.41, 5.74) is 10.8. The van der Waals surface area contributed by atoms with Crippen molar-refractivity contribution in [2.75, 3.05) is 26.3 Å². The Balaban J connectivity index is 1.49. The van der Waals surface area contributed by atoms with Crippen LogP contribution < -0.4 is 31.6 Å². The molecule has 2 heterocycles. The zero-order valence-electron chi connectivity index (χ0n) is 16.6. The van der Waals surface area contributed by atoms with Crippen molar-refractivity contribution < 1.29 is 28.6 Å². The van der Waals surface area contributed by atoms with Crippen LogP contribution in [0, 0.1) is 0 Å². The number of ether oxygens (including phenoxy) is 3. The number of aromatic nitrogens is 1. The number of benzene rings is 1. The molecule has 0 spiro atoms. The first kappa shape index (κ1) is 22.0. The average Bonchev–Trinajstić information content (AvgIpc) is 2.71. The molecule has 0 bridgehead atoms. The normalized spacial score (nSPS) is 14.2. The summed E-state index contributed by atoms with van der Waals surface area (Å²) in [6.45, 7) is 1.07. The second-order valence-electron chi connectivity index (χ2n) is 6.75. The van der Waals surface area contributed by atoms with Gasteiger partial charge in [0.2, 0.25) is 17.7 Å². The van der Waals surface area contributed by atoms with Crippen LogP contribution in [0.15, 0.2) is 42.6 Å². The van der Waals surface area contributed by atoms with Gasteiger partial charge in [-0.1, -0.05) is 6.07 Å². The summed E-state index contributed by atoms with van der Waals surface area (Å²) in [6, 6.07) is 8.61. The van der Waals surface area contributed by atoms with Gasteiger partial charge in [-0.2, -0.15) is 0 Å². The highest BCUT2D eigenvalue weighted by atomic mass is 16.5. The molecule has 0 saturated carbocycles. The molecule has 11 nitrogen and oxygen atoms in total. The number of primary amides is 2. The third-order valence-electron chi connectivity index (χ3n) is 4.34. The van der Waals surface area contributed by atoms with Crippen LogP contribution in [0.3, 0.4) is 0 Å². The number of rotatable bonds is 11. The summed E-state index contributed by atoms with van der Waals surface area (Å²) in [6.07, 6.45) is 1.32. The Labute approximate surface area is 178 Å². The monoisotopic (exact) mass is 429 g/mol. The highest BCUT2D eigenvalue weighted by Gasteiger charge is 2.23. The van der Waals surface area contributed by atoms with Gasteiger partial charge in [0.15, 0.2) is 6.61 Å². The van der Waals surface area contributed by atoms with E-state index in [2.05, 4.69) is 15.6 Å². The Bertz CT molecular complexity index is 932. The van der Waals surface area contributed by atoms with Gasteiger partial charge in [-0.3, -0.25) is 14.4 Å². The Kier molecular flexibility index (Phi) is 7.35. The highest BCUT2D eigenvalue weighted by Crippen LogP contribution is 2.24.